The Morgan fingerprint density at radius 3 is 2.38 bits per heavy atom. The molecule has 4 aromatic carbocycles. The van der Waals surface area contributed by atoms with Gasteiger partial charge in [0.05, 0.1) is 42.4 Å². The molecule has 63 heavy (non-hydrogen) atoms. The van der Waals surface area contributed by atoms with E-state index in [1.165, 1.54) is 0 Å². The number of carbonyl (C=O) groups is 7. The van der Waals surface area contributed by atoms with Gasteiger partial charge in [-0.3, -0.25) is 44.1 Å². The van der Waals surface area contributed by atoms with Crippen LogP contribution in [0.3, 0.4) is 0 Å². The van der Waals surface area contributed by atoms with Crippen LogP contribution in [0, 0.1) is 0 Å². The number of imide groups is 2. The number of nitrogens with one attached hydrogen (secondary N) is 4. The van der Waals surface area contributed by atoms with E-state index in [9.17, 15) is 33.6 Å². The first-order chi connectivity index (χ1) is 30.2. The Morgan fingerprint density at radius 1 is 0.921 bits per heavy atom. The molecule has 0 spiro atoms. The molecular weight excluding hydrogens is 805 g/mol. The quantitative estimate of drug-likeness (QED) is 0.0692. The molecule has 4 heterocycles. The minimum Gasteiger partial charge on any atom is -0.493 e. The van der Waals surface area contributed by atoms with E-state index in [4.69, 9.17) is 4.74 Å². The van der Waals surface area contributed by atoms with Crippen molar-refractivity contribution < 1.29 is 38.3 Å². The largest absolute Gasteiger partial charge is 0.493 e. The predicted molar refractivity (Wildman–Crippen MR) is 231 cm³/mol. The number of aromatic amines is 1. The fourth-order valence-corrected chi connectivity index (χ4v) is 8.58. The second kappa shape index (κ2) is 17.3. The molecule has 324 valence electrons. The molecule has 1 fully saturated rings. The summed E-state index contributed by atoms with van der Waals surface area (Å²) in [6, 6.07) is 23.0. The summed E-state index contributed by atoms with van der Waals surface area (Å²) in [5.41, 5.74) is 3.75. The highest BCUT2D eigenvalue weighted by molar-refractivity contribution is 6.27. The van der Waals surface area contributed by atoms with E-state index < -0.39 is 35.2 Å². The minimum absolute atomic E-state index is 0.0145. The van der Waals surface area contributed by atoms with Crippen LogP contribution in [0.4, 0.5) is 4.79 Å². The van der Waals surface area contributed by atoms with Gasteiger partial charge < -0.3 is 25.2 Å². The summed E-state index contributed by atoms with van der Waals surface area (Å²) in [5.74, 6) is -2.49. The number of carbonyl (C=O) groups excluding carboxylic acids is 7. The van der Waals surface area contributed by atoms with Crippen LogP contribution in [-0.2, 0) is 28.1 Å². The lowest BCUT2D eigenvalue weighted by Crippen LogP contribution is -2.57. The number of rotatable bonds is 14. The molecule has 3 aliphatic rings. The molecule has 4 N–H and O–H groups in total. The second-order valence-corrected chi connectivity index (χ2v) is 16.8. The van der Waals surface area contributed by atoms with Gasteiger partial charge in [-0.05, 0) is 82.1 Å². The van der Waals surface area contributed by atoms with Gasteiger partial charge in [-0.2, -0.15) is 5.10 Å². The number of hydrogen-bond donors (Lipinski definition) is 4. The van der Waals surface area contributed by atoms with Crippen molar-refractivity contribution in [2.45, 2.75) is 63.7 Å². The van der Waals surface area contributed by atoms with Crippen molar-refractivity contribution in [2.75, 3.05) is 33.8 Å². The fourth-order valence-electron chi connectivity index (χ4n) is 8.58. The average Bonchev–Trinajstić information content (AvgIpc) is 3.79. The van der Waals surface area contributed by atoms with Gasteiger partial charge in [-0.25, -0.2) is 4.79 Å². The summed E-state index contributed by atoms with van der Waals surface area (Å²) < 4.78 is 5.99. The highest BCUT2D eigenvalue weighted by Gasteiger charge is 2.45. The summed E-state index contributed by atoms with van der Waals surface area (Å²) in [5, 5.41) is 17.0. The van der Waals surface area contributed by atoms with Gasteiger partial charge in [0.1, 0.15) is 11.8 Å². The summed E-state index contributed by atoms with van der Waals surface area (Å²) in [7, 11) is 3.92. The van der Waals surface area contributed by atoms with Crippen LogP contribution in [0.5, 0.6) is 5.75 Å². The number of H-pyrrole nitrogens is 1. The van der Waals surface area contributed by atoms with Crippen molar-refractivity contribution >= 4 is 52.1 Å². The monoisotopic (exact) mass is 852 g/mol. The van der Waals surface area contributed by atoms with Crippen LogP contribution in [0.25, 0.3) is 10.8 Å². The smallest absolute Gasteiger partial charge is 0.319 e. The molecule has 16 heteroatoms. The van der Waals surface area contributed by atoms with Crippen LogP contribution in [0.1, 0.15) is 103 Å². The van der Waals surface area contributed by atoms with Gasteiger partial charge in [0, 0.05) is 52.8 Å². The number of ketones is 1. The SMILES string of the molecule is CN(C)C[C@@H](NC(=O)N1Cc2c(n[nH]c2CC(=O)c2ccc(C(=O)NCCCOc3cc4c5c(cccc5c3)C(=O)N(C3CCC(=O)NC3=O)C4=O)cc2)C1(C)C)c1ccccc1. The number of urea groups is 1. The van der Waals surface area contributed by atoms with Crippen molar-refractivity contribution in [2.24, 2.45) is 0 Å². The third-order valence-corrected chi connectivity index (χ3v) is 11.9. The second-order valence-electron chi connectivity index (χ2n) is 16.8. The zero-order valence-electron chi connectivity index (χ0n) is 35.4. The molecule has 1 unspecified atom stereocenters. The number of likely N-dealkylation sites (N-methyl/N-ethyl adjacent to an activating group) is 1. The zero-order valence-corrected chi connectivity index (χ0v) is 35.4. The van der Waals surface area contributed by atoms with Gasteiger partial charge in [0.25, 0.3) is 17.7 Å². The Bertz CT molecular complexity index is 2660. The first-order valence-electron chi connectivity index (χ1n) is 20.9. The molecule has 0 bridgehead atoms. The molecular formula is C47H48N8O8. The van der Waals surface area contributed by atoms with Crippen LogP contribution < -0.4 is 20.7 Å². The molecule has 0 radical (unpaired) electrons. The summed E-state index contributed by atoms with van der Waals surface area (Å²) in [6.45, 7) is 5.27. The molecule has 7 amide bonds. The van der Waals surface area contributed by atoms with E-state index in [-0.39, 0.29) is 73.8 Å². The Balaban J connectivity index is 0.838. The number of ether oxygens (including phenoxy) is 1. The van der Waals surface area contributed by atoms with E-state index >= 15 is 0 Å². The molecule has 0 aliphatic carbocycles. The van der Waals surface area contributed by atoms with E-state index in [0.29, 0.717) is 52.0 Å². The topological polar surface area (TPSA) is 203 Å². The lowest BCUT2D eigenvalue weighted by Gasteiger charge is -2.34. The van der Waals surface area contributed by atoms with Crippen LogP contribution >= 0.6 is 0 Å². The van der Waals surface area contributed by atoms with E-state index in [1.807, 2.05) is 63.2 Å². The van der Waals surface area contributed by atoms with Crippen LogP contribution in [0.15, 0.2) is 84.9 Å². The third-order valence-electron chi connectivity index (χ3n) is 11.9. The Kier molecular flexibility index (Phi) is 11.7. The normalized spacial score (nSPS) is 17.1. The lowest BCUT2D eigenvalue weighted by molar-refractivity contribution is -0.136. The van der Waals surface area contributed by atoms with Gasteiger partial charge in [0.2, 0.25) is 11.8 Å². The van der Waals surface area contributed by atoms with Crippen LogP contribution in [0.2, 0.25) is 0 Å². The number of piperidine rings is 1. The van der Waals surface area contributed by atoms with E-state index in [1.54, 1.807) is 59.5 Å². The first kappa shape index (κ1) is 42.5. The number of Topliss-reactive ketones (excluding diaryl/α,β-unsaturated/α-hetero) is 1. The highest BCUT2D eigenvalue weighted by atomic mass is 16.5. The maximum absolute atomic E-state index is 13.8. The van der Waals surface area contributed by atoms with Crippen molar-refractivity contribution in [3.8, 4) is 5.75 Å². The molecule has 3 aliphatic heterocycles. The van der Waals surface area contributed by atoms with Gasteiger partial charge in [-0.1, -0.05) is 54.6 Å². The molecule has 16 nitrogen and oxygen atoms in total. The zero-order chi connectivity index (χ0) is 44.6. The molecule has 8 rings (SSSR count). The lowest BCUT2D eigenvalue weighted by atomic mass is 9.91. The van der Waals surface area contributed by atoms with E-state index in [0.717, 1.165) is 16.0 Å². The standard InChI is InChI=1S/C47H48N8O8/c1-47(2)41-34(25-54(47)46(62)49-36(26-53(3)4)27-10-6-5-7-11-27)35(51-52-41)24-38(56)28-14-16-29(17-15-28)42(58)48-20-9-21-63-31-22-30-12-8-13-32-40(30)33(23-31)45(61)55(44(32)60)37-18-19-39(57)50-43(37)59/h5-8,10-17,22-23,36-37H,9,18-21,24-26H2,1-4H3,(H,48,58)(H,49,62)(H,51,52)(H,50,57,59)/t36-,37?/m1/s1. The summed E-state index contributed by atoms with van der Waals surface area (Å²) in [6.07, 6.45) is 0.525. The first-order valence-corrected chi connectivity index (χ1v) is 20.9. The molecule has 1 saturated heterocycles. The third kappa shape index (κ3) is 8.41. The van der Waals surface area contributed by atoms with Gasteiger partial charge in [-0.15, -0.1) is 0 Å². The van der Waals surface area contributed by atoms with Crippen LogP contribution in [-0.4, -0.2) is 106 Å². The number of fused-ring (bicyclic) bond motifs is 1. The van der Waals surface area contributed by atoms with Crippen molar-refractivity contribution in [1.29, 1.82) is 0 Å². The predicted octanol–water partition coefficient (Wildman–Crippen LogP) is 4.65. The number of amides is 7. The van der Waals surface area contributed by atoms with Crippen molar-refractivity contribution in [1.82, 2.24) is 40.8 Å². The maximum atomic E-state index is 13.8. The number of hydrogen-bond acceptors (Lipinski definition) is 10. The van der Waals surface area contributed by atoms with E-state index in [2.05, 4.69) is 26.1 Å². The number of aromatic nitrogens is 2. The molecule has 5 aromatic rings. The van der Waals surface area contributed by atoms with Crippen molar-refractivity contribution in [3.63, 3.8) is 0 Å². The molecule has 2 atom stereocenters. The highest BCUT2D eigenvalue weighted by Crippen LogP contribution is 2.40. The van der Waals surface area contributed by atoms with Gasteiger partial charge >= 0.3 is 6.03 Å². The maximum Gasteiger partial charge on any atom is 0.319 e. The summed E-state index contributed by atoms with van der Waals surface area (Å²) >= 11 is 0. The number of nitrogens with zero attached hydrogens (tertiary/aromatic N) is 4. The van der Waals surface area contributed by atoms with Gasteiger partial charge in [0.15, 0.2) is 5.78 Å². The fraction of sp³-hybridized carbons (Fsp3) is 0.319. The average molecular weight is 853 g/mol. The Labute approximate surface area is 363 Å². The molecule has 0 saturated carbocycles. The Hall–Kier alpha value is -7.20. The molecule has 1 aromatic heterocycles. The summed E-state index contributed by atoms with van der Waals surface area (Å²) in [4.78, 5) is 96.5. The number of benzene rings is 4. The van der Waals surface area contributed by atoms with Crippen molar-refractivity contribution in [3.05, 3.63) is 130 Å². The minimum atomic E-state index is -1.10. The Morgan fingerprint density at radius 2 is 1.65 bits per heavy atom.